The van der Waals surface area contributed by atoms with Gasteiger partial charge >= 0.3 is 0 Å². The number of benzene rings is 2. The van der Waals surface area contributed by atoms with Crippen molar-refractivity contribution in [2.75, 3.05) is 13.2 Å². The van der Waals surface area contributed by atoms with Crippen molar-refractivity contribution in [2.24, 2.45) is 0 Å². The molecule has 23 heavy (non-hydrogen) atoms. The molecule has 2 saturated heterocycles. The largest absolute Gasteiger partial charge is 0.473 e. The van der Waals surface area contributed by atoms with Crippen LogP contribution < -0.4 is 0 Å². The monoisotopic (exact) mass is 324 g/mol. The van der Waals surface area contributed by atoms with E-state index in [0.29, 0.717) is 22.1 Å². The van der Waals surface area contributed by atoms with Gasteiger partial charge in [-0.2, -0.15) is 0 Å². The van der Waals surface area contributed by atoms with Crippen molar-refractivity contribution >= 4 is 8.88 Å². The predicted octanol–water partition coefficient (Wildman–Crippen LogP) is 3.78. The molecule has 3 aliphatic rings. The number of rotatable bonds is 2. The molecular weight excluding hydrogens is 307 g/mol. The first-order valence-corrected chi connectivity index (χ1v) is 8.76. The van der Waals surface area contributed by atoms with Gasteiger partial charge in [-0.3, -0.25) is 9.34 Å². The molecule has 2 atom stereocenters. The average molecular weight is 324 g/mol. The first-order chi connectivity index (χ1) is 11.4. The van der Waals surface area contributed by atoms with Gasteiger partial charge in [0.05, 0.1) is 21.0 Å². The third-order valence-electron chi connectivity index (χ3n) is 4.58. The van der Waals surface area contributed by atoms with Gasteiger partial charge in [-0.1, -0.05) is 60.7 Å². The molecule has 4 nitrogen and oxygen atoms in total. The molecule has 0 radical (unpaired) electrons. The first-order valence-electron chi connectivity index (χ1n) is 7.86. The lowest BCUT2D eigenvalue weighted by Gasteiger charge is -2.25. The molecule has 2 fully saturated rings. The van der Waals surface area contributed by atoms with Crippen molar-refractivity contribution in [3.63, 3.8) is 0 Å². The highest BCUT2D eigenvalue weighted by molar-refractivity contribution is 7.33. The highest BCUT2D eigenvalue weighted by atomic mass is 31.1. The maximum absolute atomic E-state index is 5.99. The van der Waals surface area contributed by atoms with E-state index in [-0.39, 0.29) is 12.1 Å². The number of hydrogen-bond acceptors (Lipinski definition) is 4. The van der Waals surface area contributed by atoms with E-state index < -0.39 is 0 Å². The second kappa shape index (κ2) is 5.17. The van der Waals surface area contributed by atoms with Gasteiger partial charge in [0.2, 0.25) is 0 Å². The first kappa shape index (κ1) is 13.3. The fourth-order valence-corrected chi connectivity index (χ4v) is 4.86. The minimum Gasteiger partial charge on any atom is -0.473 e. The molecule has 0 unspecified atom stereocenters. The van der Waals surface area contributed by atoms with Gasteiger partial charge in [0.15, 0.2) is 0 Å². The molecule has 116 valence electrons. The number of hydrogen-bond donors (Lipinski definition) is 0. The summed E-state index contributed by atoms with van der Waals surface area (Å²) >= 11 is 0. The Kier molecular flexibility index (Phi) is 2.98. The van der Waals surface area contributed by atoms with Crippen LogP contribution in [-0.4, -0.2) is 22.6 Å². The van der Waals surface area contributed by atoms with Crippen LogP contribution in [0.25, 0.3) is 0 Å². The summed E-state index contributed by atoms with van der Waals surface area (Å²) in [4.78, 5) is 0. The molecule has 0 saturated carbocycles. The summed E-state index contributed by atoms with van der Waals surface area (Å²) in [6.07, 6.45) is 0. The Morgan fingerprint density at radius 1 is 0.696 bits per heavy atom. The molecule has 5 rings (SSSR count). The molecule has 0 bridgehead atoms. The highest BCUT2D eigenvalue weighted by Crippen LogP contribution is 2.57. The van der Waals surface area contributed by atoms with E-state index in [4.69, 9.17) is 9.47 Å². The van der Waals surface area contributed by atoms with Crippen LogP contribution in [0, 0.1) is 0 Å². The fourth-order valence-electron chi connectivity index (χ4n) is 3.40. The van der Waals surface area contributed by atoms with Crippen LogP contribution in [0.3, 0.4) is 0 Å². The van der Waals surface area contributed by atoms with Crippen molar-refractivity contribution in [1.29, 1.82) is 0 Å². The Morgan fingerprint density at radius 2 is 1.13 bits per heavy atom. The van der Waals surface area contributed by atoms with Gasteiger partial charge < -0.3 is 9.47 Å². The zero-order valence-electron chi connectivity index (χ0n) is 12.6. The zero-order valence-corrected chi connectivity index (χ0v) is 13.6. The molecule has 0 N–H and O–H groups in total. The summed E-state index contributed by atoms with van der Waals surface area (Å²) in [7, 11) is 0.531. The summed E-state index contributed by atoms with van der Waals surface area (Å²) < 4.78 is 16.7. The molecule has 3 aliphatic heterocycles. The number of ether oxygens (including phenoxy) is 2. The van der Waals surface area contributed by atoms with Crippen LogP contribution in [0.5, 0.6) is 0 Å². The van der Waals surface area contributed by atoms with Crippen molar-refractivity contribution in [1.82, 2.24) is 9.34 Å². The molecule has 3 heterocycles. The Labute approximate surface area is 137 Å². The Bertz CT molecular complexity index is 687. The second-order valence-electron chi connectivity index (χ2n) is 5.93. The maximum Gasteiger partial charge on any atom is 0.257 e. The second-order valence-corrected chi connectivity index (χ2v) is 7.09. The van der Waals surface area contributed by atoms with E-state index in [1.54, 1.807) is 0 Å². The van der Waals surface area contributed by atoms with Crippen LogP contribution in [0.1, 0.15) is 23.2 Å². The topological polar surface area (TPSA) is 24.9 Å². The molecule has 2 aromatic carbocycles. The van der Waals surface area contributed by atoms with Gasteiger partial charge in [0.25, 0.3) is 11.8 Å². The van der Waals surface area contributed by atoms with E-state index in [9.17, 15) is 0 Å². The molecular formula is C18H17N2O2P. The summed E-state index contributed by atoms with van der Waals surface area (Å²) in [5.74, 6) is 1.83. The molecule has 0 amide bonds. The van der Waals surface area contributed by atoms with Crippen molar-refractivity contribution in [2.45, 2.75) is 12.1 Å². The van der Waals surface area contributed by atoms with Gasteiger partial charge in [0.1, 0.15) is 13.2 Å². The van der Waals surface area contributed by atoms with E-state index in [1.807, 2.05) is 0 Å². The van der Waals surface area contributed by atoms with E-state index in [2.05, 4.69) is 70.0 Å². The lowest BCUT2D eigenvalue weighted by molar-refractivity contribution is 0.189. The standard InChI is InChI=1S/C18H17N2O2P/c1-3-7-13(8-4-1)15-11-21-17-18-20(23-19(15)17)16(12-22-18)14-9-5-2-6-10-14/h1-10,15-16,23H,11-12H2/t15-,16-/m1/s1. The van der Waals surface area contributed by atoms with Crippen LogP contribution >= 0.6 is 8.88 Å². The Hall–Kier alpha value is -2.19. The third kappa shape index (κ3) is 2.02. The summed E-state index contributed by atoms with van der Waals surface area (Å²) in [5.41, 5.74) is 2.60. The van der Waals surface area contributed by atoms with Crippen molar-refractivity contribution in [3.8, 4) is 0 Å². The molecule has 0 spiro atoms. The van der Waals surface area contributed by atoms with E-state index in [0.717, 1.165) is 11.8 Å². The minimum atomic E-state index is 0.280. The van der Waals surface area contributed by atoms with Gasteiger partial charge in [-0.05, 0) is 11.1 Å². The third-order valence-corrected chi connectivity index (χ3v) is 6.04. The quantitative estimate of drug-likeness (QED) is 0.785. The predicted molar refractivity (Wildman–Crippen MR) is 89.3 cm³/mol. The van der Waals surface area contributed by atoms with Gasteiger partial charge in [0, 0.05) is 0 Å². The molecule has 0 aromatic heterocycles. The molecule has 5 heteroatoms. The summed E-state index contributed by atoms with van der Waals surface area (Å²) in [5, 5.41) is 0. The number of fused-ring (bicyclic) bond motifs is 2. The summed E-state index contributed by atoms with van der Waals surface area (Å²) in [6, 6.07) is 21.7. The fraction of sp³-hybridized carbons (Fsp3) is 0.222. The van der Waals surface area contributed by atoms with Crippen LogP contribution in [0.4, 0.5) is 0 Å². The zero-order chi connectivity index (χ0) is 15.2. The van der Waals surface area contributed by atoms with Crippen molar-refractivity contribution < 1.29 is 9.47 Å². The van der Waals surface area contributed by atoms with Crippen molar-refractivity contribution in [3.05, 3.63) is 83.6 Å². The van der Waals surface area contributed by atoms with Crippen LogP contribution in [-0.2, 0) is 9.47 Å². The Morgan fingerprint density at radius 3 is 1.57 bits per heavy atom. The summed E-state index contributed by atoms with van der Waals surface area (Å²) in [6.45, 7) is 1.39. The van der Waals surface area contributed by atoms with Crippen LogP contribution in [0.15, 0.2) is 72.4 Å². The smallest absolute Gasteiger partial charge is 0.257 e. The maximum atomic E-state index is 5.99. The van der Waals surface area contributed by atoms with Gasteiger partial charge in [-0.15, -0.1) is 0 Å². The lowest BCUT2D eigenvalue weighted by Crippen LogP contribution is -2.17. The van der Waals surface area contributed by atoms with Crippen LogP contribution in [0.2, 0.25) is 0 Å². The SMILES string of the molecule is c1ccc([C@H]2COC3=C4OC[C@H](c5ccccc5)N4PN32)cc1. The lowest BCUT2D eigenvalue weighted by atomic mass is 10.1. The highest BCUT2D eigenvalue weighted by Gasteiger charge is 2.48. The van der Waals surface area contributed by atoms with Gasteiger partial charge in [-0.25, -0.2) is 0 Å². The van der Waals surface area contributed by atoms with E-state index >= 15 is 0 Å². The number of nitrogens with zero attached hydrogens (tertiary/aromatic N) is 2. The molecule has 0 aliphatic carbocycles. The minimum absolute atomic E-state index is 0.280. The normalized spacial score (nSPS) is 25.2. The molecule has 2 aromatic rings. The average Bonchev–Trinajstić information content (AvgIpc) is 3.27. The van der Waals surface area contributed by atoms with E-state index in [1.165, 1.54) is 11.1 Å². The Balaban J connectivity index is 1.46.